The van der Waals surface area contributed by atoms with Crippen molar-refractivity contribution in [3.63, 3.8) is 0 Å². The van der Waals surface area contributed by atoms with E-state index in [2.05, 4.69) is 96.9 Å². The lowest BCUT2D eigenvalue weighted by Gasteiger charge is -2.40. The summed E-state index contributed by atoms with van der Waals surface area (Å²) in [5.74, 6) is 0.453. The van der Waals surface area contributed by atoms with Gasteiger partial charge in [0.2, 0.25) is 0 Å². The van der Waals surface area contributed by atoms with Crippen LogP contribution in [0.2, 0.25) is 0 Å². The van der Waals surface area contributed by atoms with Crippen LogP contribution in [0.5, 0.6) is 0 Å². The zero-order chi connectivity index (χ0) is 15.6. The highest BCUT2D eigenvalue weighted by molar-refractivity contribution is 5.61. The summed E-state index contributed by atoms with van der Waals surface area (Å²) in [6, 6.07) is 31.0. The Morgan fingerprint density at radius 2 is 1.26 bits per heavy atom. The van der Waals surface area contributed by atoms with Crippen LogP contribution in [0.4, 0.5) is 5.69 Å². The Kier molecular flexibility index (Phi) is 3.63. The topological polar surface area (TPSA) is 3.24 Å². The molecule has 0 spiro atoms. The molecular weight excluding hydrogens is 278 g/mol. The summed E-state index contributed by atoms with van der Waals surface area (Å²) < 4.78 is 0. The van der Waals surface area contributed by atoms with E-state index < -0.39 is 0 Å². The Morgan fingerprint density at radius 1 is 0.696 bits per heavy atom. The van der Waals surface area contributed by atoms with Crippen LogP contribution in [-0.4, -0.2) is 7.05 Å². The van der Waals surface area contributed by atoms with Gasteiger partial charge in [-0.1, -0.05) is 78.9 Å². The zero-order valence-electron chi connectivity index (χ0n) is 13.4. The number of hydrogen-bond acceptors (Lipinski definition) is 1. The molecule has 1 heterocycles. The van der Waals surface area contributed by atoms with E-state index in [9.17, 15) is 0 Å². The molecule has 0 N–H and O–H groups in total. The fourth-order valence-corrected chi connectivity index (χ4v) is 3.82. The number of hydrogen-bond donors (Lipinski definition) is 0. The monoisotopic (exact) mass is 299 g/mol. The van der Waals surface area contributed by atoms with Crippen LogP contribution >= 0.6 is 0 Å². The second-order valence-electron chi connectivity index (χ2n) is 6.30. The lowest BCUT2D eigenvalue weighted by Crippen LogP contribution is -2.31. The Balaban J connectivity index is 1.82. The van der Waals surface area contributed by atoms with Crippen molar-refractivity contribution in [3.05, 3.63) is 102 Å². The summed E-state index contributed by atoms with van der Waals surface area (Å²) in [5.41, 5.74) is 5.59. The van der Waals surface area contributed by atoms with Crippen LogP contribution in [0.15, 0.2) is 84.9 Å². The number of nitrogens with zero attached hydrogens (tertiary/aromatic N) is 1. The third kappa shape index (κ3) is 2.53. The maximum atomic E-state index is 2.43. The Bertz CT molecular complexity index is 779. The minimum atomic E-state index is 0.413. The van der Waals surface area contributed by atoms with Gasteiger partial charge in [-0.25, -0.2) is 0 Å². The summed E-state index contributed by atoms with van der Waals surface area (Å²) in [6.07, 6.45) is 1.11. The van der Waals surface area contributed by atoms with E-state index in [0.717, 1.165) is 6.42 Å². The molecule has 0 amide bonds. The Morgan fingerprint density at radius 3 is 1.96 bits per heavy atom. The first kappa shape index (κ1) is 14.1. The number of anilines is 1. The molecule has 0 aromatic heterocycles. The molecule has 0 bridgehead atoms. The summed E-state index contributed by atoms with van der Waals surface area (Å²) in [6.45, 7) is 0. The molecule has 114 valence electrons. The second-order valence-corrected chi connectivity index (χ2v) is 6.30. The Labute approximate surface area is 138 Å². The molecule has 1 heteroatoms. The van der Waals surface area contributed by atoms with Gasteiger partial charge in [-0.3, -0.25) is 0 Å². The minimum Gasteiger partial charge on any atom is -0.367 e. The normalized spacial score (nSPS) is 20.1. The second kappa shape index (κ2) is 5.92. The molecular formula is C22H21N. The number of benzene rings is 3. The largest absolute Gasteiger partial charge is 0.367 e. The average Bonchev–Trinajstić information content (AvgIpc) is 2.64. The van der Waals surface area contributed by atoms with Gasteiger partial charge in [-0.15, -0.1) is 0 Å². The number of rotatable bonds is 2. The molecule has 23 heavy (non-hydrogen) atoms. The summed E-state index contributed by atoms with van der Waals surface area (Å²) in [5, 5.41) is 0. The van der Waals surface area contributed by atoms with Gasteiger partial charge in [0.15, 0.2) is 0 Å². The van der Waals surface area contributed by atoms with Crippen molar-refractivity contribution in [3.8, 4) is 0 Å². The standard InChI is InChI=1S/C22H21N/c1-23-21-15-9-8-14-19(21)20(17-10-4-2-5-11-17)16-22(23)18-12-6-3-7-13-18/h2-15,20,22H,16H2,1H3. The summed E-state index contributed by atoms with van der Waals surface area (Å²) in [7, 11) is 2.22. The van der Waals surface area contributed by atoms with E-state index >= 15 is 0 Å². The molecule has 0 saturated heterocycles. The number of para-hydroxylation sites is 1. The van der Waals surface area contributed by atoms with Crippen molar-refractivity contribution in [1.29, 1.82) is 0 Å². The van der Waals surface area contributed by atoms with Gasteiger partial charge in [-0.2, -0.15) is 0 Å². The first-order chi connectivity index (χ1) is 11.3. The van der Waals surface area contributed by atoms with Crippen LogP contribution < -0.4 is 4.90 Å². The molecule has 3 aromatic carbocycles. The smallest absolute Gasteiger partial charge is 0.0548 e. The Hall–Kier alpha value is -2.54. The molecule has 2 unspecified atom stereocenters. The van der Waals surface area contributed by atoms with Crippen LogP contribution in [0.25, 0.3) is 0 Å². The third-order valence-corrected chi connectivity index (χ3v) is 5.00. The van der Waals surface area contributed by atoms with Gasteiger partial charge in [0.25, 0.3) is 0 Å². The third-order valence-electron chi connectivity index (χ3n) is 5.00. The number of fused-ring (bicyclic) bond motifs is 1. The van der Waals surface area contributed by atoms with Crippen LogP contribution in [0.1, 0.15) is 35.1 Å². The van der Waals surface area contributed by atoms with Crippen molar-refractivity contribution in [2.75, 3.05) is 11.9 Å². The SMILES string of the molecule is CN1c2ccccc2C(c2ccccc2)CC1c1ccccc1. The highest BCUT2D eigenvalue weighted by Gasteiger charge is 2.31. The highest BCUT2D eigenvalue weighted by atomic mass is 15.1. The lowest BCUT2D eigenvalue weighted by molar-refractivity contribution is 0.538. The minimum absolute atomic E-state index is 0.413. The van der Waals surface area contributed by atoms with E-state index in [-0.39, 0.29) is 0 Å². The van der Waals surface area contributed by atoms with Gasteiger partial charge in [0, 0.05) is 18.7 Å². The maximum absolute atomic E-state index is 2.43. The van der Waals surface area contributed by atoms with Crippen molar-refractivity contribution < 1.29 is 0 Å². The molecule has 1 nitrogen and oxygen atoms in total. The average molecular weight is 299 g/mol. The van der Waals surface area contributed by atoms with Crippen LogP contribution in [-0.2, 0) is 0 Å². The molecule has 2 atom stereocenters. The molecule has 1 aliphatic heterocycles. The molecule has 0 fully saturated rings. The molecule has 0 aliphatic carbocycles. The van der Waals surface area contributed by atoms with Crippen molar-refractivity contribution in [2.45, 2.75) is 18.4 Å². The molecule has 4 rings (SSSR count). The molecule has 0 saturated carbocycles. The maximum Gasteiger partial charge on any atom is 0.0548 e. The van der Waals surface area contributed by atoms with Gasteiger partial charge in [0.05, 0.1) is 6.04 Å². The van der Waals surface area contributed by atoms with Crippen molar-refractivity contribution >= 4 is 5.69 Å². The first-order valence-electron chi connectivity index (χ1n) is 8.26. The van der Waals surface area contributed by atoms with E-state index in [1.165, 1.54) is 22.4 Å². The van der Waals surface area contributed by atoms with E-state index in [1.807, 2.05) is 0 Å². The quantitative estimate of drug-likeness (QED) is 0.612. The van der Waals surface area contributed by atoms with E-state index in [4.69, 9.17) is 0 Å². The first-order valence-corrected chi connectivity index (χ1v) is 8.26. The summed E-state index contributed by atoms with van der Waals surface area (Å²) in [4.78, 5) is 2.43. The van der Waals surface area contributed by atoms with E-state index in [1.54, 1.807) is 0 Å². The van der Waals surface area contributed by atoms with E-state index in [0.29, 0.717) is 12.0 Å². The van der Waals surface area contributed by atoms with Crippen LogP contribution in [0.3, 0.4) is 0 Å². The molecule has 1 aliphatic rings. The van der Waals surface area contributed by atoms with Gasteiger partial charge < -0.3 is 4.90 Å². The fourth-order valence-electron chi connectivity index (χ4n) is 3.82. The van der Waals surface area contributed by atoms with Gasteiger partial charge in [0.1, 0.15) is 0 Å². The lowest BCUT2D eigenvalue weighted by atomic mass is 9.79. The van der Waals surface area contributed by atoms with Crippen molar-refractivity contribution in [2.24, 2.45) is 0 Å². The van der Waals surface area contributed by atoms with Crippen LogP contribution in [0, 0.1) is 0 Å². The van der Waals surface area contributed by atoms with Gasteiger partial charge in [-0.05, 0) is 29.2 Å². The highest BCUT2D eigenvalue weighted by Crippen LogP contribution is 2.46. The van der Waals surface area contributed by atoms with Gasteiger partial charge >= 0.3 is 0 Å². The predicted molar refractivity (Wildman–Crippen MR) is 96.9 cm³/mol. The molecule has 0 radical (unpaired) electrons. The van der Waals surface area contributed by atoms with Crippen molar-refractivity contribution in [1.82, 2.24) is 0 Å². The zero-order valence-corrected chi connectivity index (χ0v) is 13.4. The molecule has 3 aromatic rings. The summed E-state index contributed by atoms with van der Waals surface area (Å²) >= 11 is 0. The fraction of sp³-hybridized carbons (Fsp3) is 0.182. The predicted octanol–water partition coefficient (Wildman–Crippen LogP) is 5.40.